The first-order valence-corrected chi connectivity index (χ1v) is 9.59. The summed E-state index contributed by atoms with van der Waals surface area (Å²) in [5.41, 5.74) is 1.20. The standard InChI is InChI=1S/C20H23FN4O3/c21-15-4-6-17(7-5-15)25-11-14(9-19(25)26)20(27)23-16-10-22-24(12-16)13-18-3-1-2-8-28-18/h4-7,10,12,14,18H,1-3,8-9,11,13H2,(H,23,27). The number of ether oxygens (including phenoxy) is 1. The first-order valence-electron chi connectivity index (χ1n) is 9.59. The van der Waals surface area contributed by atoms with Gasteiger partial charge in [0, 0.05) is 31.5 Å². The molecule has 2 saturated heterocycles. The van der Waals surface area contributed by atoms with Crippen molar-refractivity contribution in [3.05, 3.63) is 42.5 Å². The summed E-state index contributed by atoms with van der Waals surface area (Å²) in [6.45, 7) is 1.73. The number of nitrogens with zero attached hydrogens (tertiary/aromatic N) is 3. The SMILES string of the molecule is O=C(Nc1cnn(CC2CCCCO2)c1)C1CC(=O)N(c2ccc(F)cc2)C1. The van der Waals surface area contributed by atoms with Crippen LogP contribution in [-0.2, 0) is 20.9 Å². The van der Waals surface area contributed by atoms with Gasteiger partial charge in [0.05, 0.1) is 30.5 Å². The number of amides is 2. The van der Waals surface area contributed by atoms with Crippen molar-refractivity contribution in [3.8, 4) is 0 Å². The number of rotatable bonds is 5. The lowest BCUT2D eigenvalue weighted by Crippen LogP contribution is -2.28. The molecule has 2 fully saturated rings. The van der Waals surface area contributed by atoms with E-state index < -0.39 is 5.92 Å². The van der Waals surface area contributed by atoms with Crippen molar-refractivity contribution >= 4 is 23.2 Å². The van der Waals surface area contributed by atoms with Crippen LogP contribution in [0, 0.1) is 11.7 Å². The van der Waals surface area contributed by atoms with Gasteiger partial charge in [0.1, 0.15) is 5.82 Å². The highest BCUT2D eigenvalue weighted by Crippen LogP contribution is 2.26. The Bertz CT molecular complexity index is 845. The predicted octanol–water partition coefficient (Wildman–Crippen LogP) is 2.58. The lowest BCUT2D eigenvalue weighted by Gasteiger charge is -2.22. The summed E-state index contributed by atoms with van der Waals surface area (Å²) in [6.07, 6.45) is 6.97. The maximum absolute atomic E-state index is 13.1. The van der Waals surface area contributed by atoms with E-state index in [1.54, 1.807) is 29.2 Å². The molecular weight excluding hydrogens is 363 g/mol. The van der Waals surface area contributed by atoms with Gasteiger partial charge in [-0.15, -0.1) is 0 Å². The summed E-state index contributed by atoms with van der Waals surface area (Å²) in [4.78, 5) is 26.4. The van der Waals surface area contributed by atoms with Gasteiger partial charge < -0.3 is 15.0 Å². The van der Waals surface area contributed by atoms with E-state index in [1.807, 2.05) is 0 Å². The summed E-state index contributed by atoms with van der Waals surface area (Å²) >= 11 is 0. The maximum Gasteiger partial charge on any atom is 0.229 e. The Labute approximate surface area is 162 Å². The Morgan fingerprint density at radius 3 is 2.86 bits per heavy atom. The largest absolute Gasteiger partial charge is 0.376 e. The Kier molecular flexibility index (Phi) is 5.38. The number of carbonyl (C=O) groups excluding carboxylic acids is 2. The van der Waals surface area contributed by atoms with Gasteiger partial charge in [-0.25, -0.2) is 4.39 Å². The third-order valence-electron chi connectivity index (χ3n) is 5.20. The number of benzene rings is 1. The molecule has 148 valence electrons. The minimum atomic E-state index is -0.456. The summed E-state index contributed by atoms with van der Waals surface area (Å²) in [5.74, 6) is -1.17. The first kappa shape index (κ1) is 18.6. The number of nitrogens with one attached hydrogen (secondary N) is 1. The third-order valence-corrected chi connectivity index (χ3v) is 5.20. The minimum Gasteiger partial charge on any atom is -0.376 e. The molecule has 2 aromatic rings. The van der Waals surface area contributed by atoms with Gasteiger partial charge in [-0.1, -0.05) is 0 Å². The fourth-order valence-electron chi connectivity index (χ4n) is 3.69. The molecule has 2 amide bonds. The minimum absolute atomic E-state index is 0.132. The molecule has 8 heteroatoms. The smallest absolute Gasteiger partial charge is 0.229 e. The average molecular weight is 386 g/mol. The lowest BCUT2D eigenvalue weighted by atomic mass is 10.1. The predicted molar refractivity (Wildman–Crippen MR) is 101 cm³/mol. The van der Waals surface area contributed by atoms with Gasteiger partial charge >= 0.3 is 0 Å². The van der Waals surface area contributed by atoms with Crippen LogP contribution in [0.1, 0.15) is 25.7 Å². The van der Waals surface area contributed by atoms with E-state index in [0.29, 0.717) is 17.9 Å². The van der Waals surface area contributed by atoms with Crippen molar-refractivity contribution < 1.29 is 18.7 Å². The molecule has 1 aromatic heterocycles. The molecule has 7 nitrogen and oxygen atoms in total. The van der Waals surface area contributed by atoms with Crippen LogP contribution in [0.2, 0.25) is 0 Å². The van der Waals surface area contributed by atoms with Gasteiger partial charge in [-0.05, 0) is 43.5 Å². The number of carbonyl (C=O) groups is 2. The van der Waals surface area contributed by atoms with Crippen LogP contribution >= 0.6 is 0 Å². The quantitative estimate of drug-likeness (QED) is 0.857. The van der Waals surface area contributed by atoms with Crippen LogP contribution in [0.3, 0.4) is 0 Å². The van der Waals surface area contributed by atoms with Crippen LogP contribution in [0.5, 0.6) is 0 Å². The molecule has 1 N–H and O–H groups in total. The number of halogens is 1. The highest BCUT2D eigenvalue weighted by molar-refractivity contribution is 6.03. The summed E-state index contributed by atoms with van der Waals surface area (Å²) in [6, 6.07) is 5.70. The molecule has 2 aliphatic rings. The molecule has 0 bridgehead atoms. The van der Waals surface area contributed by atoms with Crippen LogP contribution in [-0.4, -0.2) is 40.9 Å². The number of hydrogen-bond donors (Lipinski definition) is 1. The summed E-state index contributed by atoms with van der Waals surface area (Å²) in [7, 11) is 0. The maximum atomic E-state index is 13.1. The number of aromatic nitrogens is 2. The highest BCUT2D eigenvalue weighted by atomic mass is 19.1. The fourth-order valence-corrected chi connectivity index (χ4v) is 3.69. The molecule has 2 unspecified atom stereocenters. The van der Waals surface area contributed by atoms with E-state index in [9.17, 15) is 14.0 Å². The number of anilines is 2. The lowest BCUT2D eigenvalue weighted by molar-refractivity contribution is -0.122. The van der Waals surface area contributed by atoms with E-state index in [-0.39, 0.29) is 36.7 Å². The van der Waals surface area contributed by atoms with Crippen molar-refractivity contribution in [2.75, 3.05) is 23.4 Å². The second-order valence-electron chi connectivity index (χ2n) is 7.31. The second kappa shape index (κ2) is 8.10. The van der Waals surface area contributed by atoms with Crippen LogP contribution in [0.4, 0.5) is 15.8 Å². The molecule has 0 aliphatic carbocycles. The monoisotopic (exact) mass is 386 g/mol. The van der Waals surface area contributed by atoms with E-state index in [1.165, 1.54) is 17.0 Å². The third kappa shape index (κ3) is 4.22. The van der Waals surface area contributed by atoms with Crippen LogP contribution in [0.25, 0.3) is 0 Å². The van der Waals surface area contributed by atoms with Crippen molar-refractivity contribution in [3.63, 3.8) is 0 Å². The molecule has 0 radical (unpaired) electrons. The zero-order valence-corrected chi connectivity index (χ0v) is 15.5. The van der Waals surface area contributed by atoms with Crippen molar-refractivity contribution in [2.24, 2.45) is 5.92 Å². The van der Waals surface area contributed by atoms with Gasteiger partial charge in [-0.3, -0.25) is 14.3 Å². The highest BCUT2D eigenvalue weighted by Gasteiger charge is 2.35. The van der Waals surface area contributed by atoms with E-state index >= 15 is 0 Å². The Balaban J connectivity index is 1.34. The first-order chi connectivity index (χ1) is 13.6. The van der Waals surface area contributed by atoms with E-state index in [0.717, 1.165) is 25.9 Å². The Hall–Kier alpha value is -2.74. The summed E-state index contributed by atoms with van der Waals surface area (Å²) < 4.78 is 20.6. The Morgan fingerprint density at radius 1 is 1.29 bits per heavy atom. The van der Waals surface area contributed by atoms with Gasteiger partial charge in [0.25, 0.3) is 0 Å². The molecule has 28 heavy (non-hydrogen) atoms. The van der Waals surface area contributed by atoms with Gasteiger partial charge in [0.2, 0.25) is 11.8 Å². The van der Waals surface area contributed by atoms with Crippen molar-refractivity contribution in [1.82, 2.24) is 9.78 Å². The molecule has 2 atom stereocenters. The van der Waals surface area contributed by atoms with Gasteiger partial charge in [0.15, 0.2) is 0 Å². The van der Waals surface area contributed by atoms with Crippen molar-refractivity contribution in [1.29, 1.82) is 0 Å². The fraction of sp³-hybridized carbons (Fsp3) is 0.450. The molecule has 0 saturated carbocycles. The van der Waals surface area contributed by atoms with E-state index in [4.69, 9.17) is 4.74 Å². The molecule has 1 aromatic carbocycles. The number of hydrogen-bond acceptors (Lipinski definition) is 4. The molecular formula is C20H23FN4O3. The van der Waals surface area contributed by atoms with Crippen LogP contribution in [0.15, 0.2) is 36.7 Å². The normalized spacial score (nSPS) is 22.5. The topological polar surface area (TPSA) is 76.5 Å². The molecule has 2 aliphatic heterocycles. The zero-order chi connectivity index (χ0) is 19.5. The second-order valence-corrected chi connectivity index (χ2v) is 7.31. The molecule has 3 heterocycles. The Morgan fingerprint density at radius 2 is 2.11 bits per heavy atom. The zero-order valence-electron chi connectivity index (χ0n) is 15.5. The molecule has 4 rings (SSSR count). The van der Waals surface area contributed by atoms with E-state index in [2.05, 4.69) is 10.4 Å². The van der Waals surface area contributed by atoms with Crippen molar-refractivity contribution in [2.45, 2.75) is 38.3 Å². The van der Waals surface area contributed by atoms with Crippen LogP contribution < -0.4 is 10.2 Å². The molecule has 0 spiro atoms. The summed E-state index contributed by atoms with van der Waals surface area (Å²) in [5, 5.41) is 7.13. The van der Waals surface area contributed by atoms with Gasteiger partial charge in [-0.2, -0.15) is 5.10 Å². The average Bonchev–Trinajstić information content (AvgIpc) is 3.30.